The topological polar surface area (TPSA) is 198 Å². The molecule has 4 N–H and O–H groups in total. The molecule has 54 heavy (non-hydrogen) atoms. The molecule has 16 heteroatoms. The molecule has 7 rings (SSSR count). The number of carbonyl (C=O) groups excluding carboxylic acids is 4. The summed E-state index contributed by atoms with van der Waals surface area (Å²) < 4.78 is 17.6. The van der Waals surface area contributed by atoms with Gasteiger partial charge in [0.15, 0.2) is 5.13 Å². The van der Waals surface area contributed by atoms with Gasteiger partial charge in [0.1, 0.15) is 47.0 Å². The molecule has 15 nitrogen and oxygen atoms in total. The minimum atomic E-state index is -1.47. The lowest BCUT2D eigenvalue weighted by atomic mass is 9.96. The Morgan fingerprint density at radius 3 is 2.61 bits per heavy atom. The Hall–Kier alpha value is -5.25. The van der Waals surface area contributed by atoms with E-state index in [2.05, 4.69) is 20.9 Å². The monoisotopic (exact) mass is 760 g/mol. The summed E-state index contributed by atoms with van der Waals surface area (Å²) in [6.07, 6.45) is 8.44. The Balaban J connectivity index is 1.20. The predicted octanol–water partition coefficient (Wildman–Crippen LogP) is 4.80. The molecule has 4 aliphatic rings. The van der Waals surface area contributed by atoms with Gasteiger partial charge in [0.2, 0.25) is 17.7 Å². The number of aliphatic carboxylic acids is 1. The maximum atomic E-state index is 14.4. The van der Waals surface area contributed by atoms with E-state index >= 15 is 0 Å². The van der Waals surface area contributed by atoms with E-state index in [9.17, 15) is 29.1 Å². The van der Waals surface area contributed by atoms with Crippen molar-refractivity contribution >= 4 is 57.2 Å². The second-order valence-corrected chi connectivity index (χ2v) is 15.2. The molecule has 1 aromatic carbocycles. The summed E-state index contributed by atoms with van der Waals surface area (Å²) in [5, 5.41) is 21.3. The zero-order valence-corrected chi connectivity index (χ0v) is 31.0. The van der Waals surface area contributed by atoms with Crippen LogP contribution in [-0.2, 0) is 23.9 Å². The van der Waals surface area contributed by atoms with Crippen LogP contribution in [0.3, 0.4) is 0 Å². The zero-order valence-electron chi connectivity index (χ0n) is 30.2. The number of thiazole rings is 1. The van der Waals surface area contributed by atoms with Crippen LogP contribution < -0.4 is 25.4 Å². The van der Waals surface area contributed by atoms with Gasteiger partial charge in [0.05, 0.1) is 24.9 Å². The summed E-state index contributed by atoms with van der Waals surface area (Å²) in [6.45, 7) is 1.39. The van der Waals surface area contributed by atoms with Gasteiger partial charge < -0.3 is 40.2 Å². The molecule has 3 fully saturated rings. The van der Waals surface area contributed by atoms with Crippen molar-refractivity contribution < 1.29 is 43.3 Å². The van der Waals surface area contributed by atoms with Crippen molar-refractivity contribution in [3.8, 4) is 22.9 Å². The fraction of sp³-hybridized carbons (Fsp3) is 0.500. The van der Waals surface area contributed by atoms with Crippen LogP contribution in [-0.4, -0.2) is 93.2 Å². The number of fused-ring (bicyclic) bond motifs is 3. The van der Waals surface area contributed by atoms with Crippen molar-refractivity contribution in [3.05, 3.63) is 41.8 Å². The number of alkyl carbamates (subject to hydrolysis) is 1. The lowest BCUT2D eigenvalue weighted by Gasteiger charge is -2.30. The van der Waals surface area contributed by atoms with Crippen molar-refractivity contribution in [1.82, 2.24) is 25.5 Å². The van der Waals surface area contributed by atoms with Gasteiger partial charge in [-0.2, -0.15) is 0 Å². The van der Waals surface area contributed by atoms with Crippen LogP contribution in [0.5, 0.6) is 11.5 Å². The summed E-state index contributed by atoms with van der Waals surface area (Å²) in [5.74, 6) is -1.83. The third-order valence-electron chi connectivity index (χ3n) is 10.6. The number of anilines is 1. The molecule has 286 valence electrons. The fourth-order valence-electron chi connectivity index (χ4n) is 7.27. The summed E-state index contributed by atoms with van der Waals surface area (Å²) in [5.41, 5.74) is 0.0420. The smallest absolute Gasteiger partial charge is 0.408 e. The molecule has 2 unspecified atom stereocenters. The Morgan fingerprint density at radius 2 is 1.87 bits per heavy atom. The number of ether oxygens (including phenoxy) is 3. The van der Waals surface area contributed by atoms with Crippen LogP contribution in [0, 0.1) is 5.92 Å². The maximum Gasteiger partial charge on any atom is 0.408 e. The molecular formula is C38H44N6O9S. The van der Waals surface area contributed by atoms with Gasteiger partial charge in [-0.1, -0.05) is 25.0 Å². The van der Waals surface area contributed by atoms with Crippen molar-refractivity contribution in [2.45, 2.75) is 101 Å². The van der Waals surface area contributed by atoms with Gasteiger partial charge in [0, 0.05) is 42.2 Å². The quantitative estimate of drug-likeness (QED) is 0.230. The number of hydrogen-bond acceptors (Lipinski definition) is 11. The van der Waals surface area contributed by atoms with E-state index in [0.29, 0.717) is 51.8 Å². The lowest BCUT2D eigenvalue weighted by Crippen LogP contribution is -2.56. The Bertz CT molecular complexity index is 1980. The molecule has 3 aromatic rings. The first-order valence-electron chi connectivity index (χ1n) is 18.4. The molecule has 0 bridgehead atoms. The zero-order chi connectivity index (χ0) is 38.0. The standard InChI is InChI=1S/C38H44N6O9S/c1-21(45)39-36-41-30(20-54-36)29-17-32(26-14-13-24(51-2)15-28(26)40-29)52-25-16-31-33(46)43-38(35(48)49)18-22(38)9-6-4-3-5-7-12-27(34(47)44(31)19-25)42-37(50)53-23-10-8-11-23/h6,9,13-15,17,20,22-23,25,27,31H,3-5,7-8,10-12,16,18-19H2,1-2H3,(H,42,50)(H,43,46)(H,48,49)(H,39,41,45)/b9-6-/t22?,25-,27+,31+,38?/m1/s1. The normalized spacial score (nSPS) is 26.5. The highest BCUT2D eigenvalue weighted by atomic mass is 32.1. The molecule has 4 amide bonds. The van der Waals surface area contributed by atoms with Crippen LogP contribution in [0.2, 0.25) is 0 Å². The third-order valence-corrected chi connectivity index (χ3v) is 11.3. The van der Waals surface area contributed by atoms with E-state index in [-0.39, 0.29) is 37.3 Å². The second-order valence-electron chi connectivity index (χ2n) is 14.4. The molecule has 0 radical (unpaired) electrons. The Morgan fingerprint density at radius 1 is 1.04 bits per heavy atom. The molecule has 2 aromatic heterocycles. The highest BCUT2D eigenvalue weighted by Crippen LogP contribution is 2.45. The van der Waals surface area contributed by atoms with Gasteiger partial charge in [-0.25, -0.2) is 19.6 Å². The second kappa shape index (κ2) is 15.6. The van der Waals surface area contributed by atoms with Crippen LogP contribution in [0.4, 0.5) is 9.93 Å². The minimum Gasteiger partial charge on any atom is -0.497 e. The van der Waals surface area contributed by atoms with Gasteiger partial charge in [0.25, 0.3) is 0 Å². The van der Waals surface area contributed by atoms with Crippen molar-refractivity contribution in [3.63, 3.8) is 0 Å². The molecular weight excluding hydrogens is 717 g/mol. The van der Waals surface area contributed by atoms with E-state index in [4.69, 9.17) is 19.2 Å². The van der Waals surface area contributed by atoms with Crippen molar-refractivity contribution in [1.29, 1.82) is 0 Å². The summed E-state index contributed by atoms with van der Waals surface area (Å²) in [6, 6.07) is 5.02. The summed E-state index contributed by atoms with van der Waals surface area (Å²) in [4.78, 5) is 76.4. The average molecular weight is 761 g/mol. The number of nitrogens with zero attached hydrogens (tertiary/aromatic N) is 3. The van der Waals surface area contributed by atoms with Crippen LogP contribution in [0.25, 0.3) is 22.3 Å². The average Bonchev–Trinajstić information content (AvgIpc) is 3.40. The highest BCUT2D eigenvalue weighted by molar-refractivity contribution is 7.14. The van der Waals surface area contributed by atoms with Gasteiger partial charge in [-0.15, -0.1) is 11.3 Å². The SMILES string of the molecule is COc1ccc2c(O[C@@H]3C[C@H]4C(=O)NC5(C(=O)O)CC5/C=C\CCCCC[C@H](NC(=O)OC5CCC5)C(=O)N4C3)cc(-c3csc(NC(C)=O)n3)nc2c1. The number of amides is 4. The first-order chi connectivity index (χ1) is 26.0. The minimum absolute atomic E-state index is 0.00510. The molecule has 1 saturated heterocycles. The number of benzene rings is 1. The van der Waals surface area contributed by atoms with Gasteiger partial charge in [-0.05, 0) is 57.1 Å². The number of nitrogens with one attached hydrogen (secondary N) is 3. The van der Waals surface area contributed by atoms with E-state index in [1.165, 1.54) is 23.2 Å². The lowest BCUT2D eigenvalue weighted by molar-refractivity contribution is -0.145. The Kier molecular flexibility index (Phi) is 10.7. The number of allylic oxidation sites excluding steroid dienone is 1. The van der Waals surface area contributed by atoms with E-state index in [1.54, 1.807) is 36.8 Å². The van der Waals surface area contributed by atoms with Crippen molar-refractivity contribution in [2.75, 3.05) is 19.0 Å². The van der Waals surface area contributed by atoms with Crippen molar-refractivity contribution in [2.24, 2.45) is 5.92 Å². The number of rotatable bonds is 8. The Labute approximate surface area is 315 Å². The van der Waals surface area contributed by atoms with Crippen LogP contribution in [0.1, 0.15) is 71.1 Å². The number of carbonyl (C=O) groups is 5. The predicted molar refractivity (Wildman–Crippen MR) is 198 cm³/mol. The van der Waals surface area contributed by atoms with E-state index in [0.717, 1.165) is 38.5 Å². The van der Waals surface area contributed by atoms with Crippen LogP contribution >= 0.6 is 11.3 Å². The molecule has 2 aliphatic carbocycles. The highest BCUT2D eigenvalue weighted by Gasteiger charge is 2.61. The van der Waals surface area contributed by atoms with E-state index in [1.807, 2.05) is 12.2 Å². The first kappa shape index (κ1) is 37.1. The molecule has 5 atom stereocenters. The van der Waals surface area contributed by atoms with Crippen LogP contribution in [0.15, 0.2) is 41.8 Å². The van der Waals surface area contributed by atoms with E-state index < -0.39 is 47.6 Å². The molecule has 2 saturated carbocycles. The van der Waals surface area contributed by atoms with Gasteiger partial charge >= 0.3 is 12.1 Å². The number of methoxy groups -OCH3 is 1. The fourth-order valence-corrected chi connectivity index (χ4v) is 8.02. The summed E-state index contributed by atoms with van der Waals surface area (Å²) in [7, 11) is 1.55. The molecule has 4 heterocycles. The summed E-state index contributed by atoms with van der Waals surface area (Å²) >= 11 is 1.25. The number of aromatic nitrogens is 2. The maximum absolute atomic E-state index is 14.4. The first-order valence-corrected chi connectivity index (χ1v) is 19.3. The number of carboxylic acid groups (broad SMARTS) is 1. The number of pyridine rings is 1. The number of carboxylic acids is 1. The number of hydrogen-bond donors (Lipinski definition) is 4. The third kappa shape index (κ3) is 7.98. The molecule has 2 aliphatic heterocycles. The largest absolute Gasteiger partial charge is 0.497 e. The molecule has 0 spiro atoms. The van der Waals surface area contributed by atoms with Gasteiger partial charge in [-0.3, -0.25) is 14.4 Å².